The molecule has 1 aromatic rings. The summed E-state index contributed by atoms with van der Waals surface area (Å²) >= 11 is 3.84. The summed E-state index contributed by atoms with van der Waals surface area (Å²) in [6.07, 6.45) is 1.39. The van der Waals surface area contributed by atoms with E-state index in [1.165, 1.54) is 6.42 Å². The van der Waals surface area contributed by atoms with Crippen LogP contribution in [0.15, 0.2) is 30.3 Å². The second-order valence-corrected chi connectivity index (χ2v) is 7.40. The van der Waals surface area contributed by atoms with Crippen LogP contribution in [0.25, 0.3) is 0 Å². The summed E-state index contributed by atoms with van der Waals surface area (Å²) in [4.78, 5) is 0.279. The molecule has 0 heterocycles. The van der Waals surface area contributed by atoms with Gasteiger partial charge in [-0.05, 0) is 47.5 Å². The molecule has 5 aliphatic rings. The Bertz CT molecular complexity index is 501. The Kier molecular flexibility index (Phi) is 1.49. The predicted octanol–water partition coefficient (Wildman–Crippen LogP) is 2.78. The Hall–Kier alpha value is -0.340. The summed E-state index contributed by atoms with van der Waals surface area (Å²) in [5.41, 5.74) is 0.536. The SMILES string of the molecule is O[C@]1(c2ccccc2)[C@@H]2[C@H]3C[C@@H]4[C@@H]([C@@H]42)[C@H]3[C@@H]1Br. The minimum Gasteiger partial charge on any atom is -0.384 e. The van der Waals surface area contributed by atoms with Crippen LogP contribution in [0.3, 0.4) is 0 Å². The summed E-state index contributed by atoms with van der Waals surface area (Å²) in [5, 5.41) is 11.3. The summed E-state index contributed by atoms with van der Waals surface area (Å²) in [7, 11) is 0. The molecule has 1 nitrogen and oxygen atoms in total. The maximum atomic E-state index is 11.3. The topological polar surface area (TPSA) is 20.2 Å². The highest BCUT2D eigenvalue weighted by Gasteiger charge is 2.83. The van der Waals surface area contributed by atoms with Gasteiger partial charge in [0.1, 0.15) is 5.60 Å². The lowest BCUT2D eigenvalue weighted by molar-refractivity contribution is -0.0191. The van der Waals surface area contributed by atoms with Crippen LogP contribution in [0.2, 0.25) is 0 Å². The smallest absolute Gasteiger partial charge is 0.106 e. The van der Waals surface area contributed by atoms with Crippen LogP contribution in [-0.2, 0) is 5.60 Å². The monoisotopic (exact) mass is 290 g/mol. The van der Waals surface area contributed by atoms with Gasteiger partial charge in [-0.2, -0.15) is 0 Å². The van der Waals surface area contributed by atoms with Gasteiger partial charge in [0.2, 0.25) is 0 Å². The molecule has 88 valence electrons. The van der Waals surface area contributed by atoms with E-state index in [1.54, 1.807) is 0 Å². The van der Waals surface area contributed by atoms with Gasteiger partial charge in [-0.25, -0.2) is 0 Å². The van der Waals surface area contributed by atoms with E-state index in [1.807, 2.05) is 18.2 Å². The molecule has 6 rings (SSSR count). The van der Waals surface area contributed by atoms with Crippen molar-refractivity contribution in [1.82, 2.24) is 0 Å². The number of benzene rings is 1. The minimum absolute atomic E-state index is 0.279. The third kappa shape index (κ3) is 0.821. The van der Waals surface area contributed by atoms with Gasteiger partial charge in [-0.1, -0.05) is 46.3 Å². The molecule has 5 fully saturated rings. The Morgan fingerprint density at radius 2 is 1.82 bits per heavy atom. The number of hydrogen-bond donors (Lipinski definition) is 1. The molecule has 0 saturated heterocycles. The van der Waals surface area contributed by atoms with Crippen molar-refractivity contribution < 1.29 is 5.11 Å². The van der Waals surface area contributed by atoms with Crippen LogP contribution in [0.5, 0.6) is 0 Å². The Labute approximate surface area is 109 Å². The lowest BCUT2D eigenvalue weighted by Crippen LogP contribution is -2.42. The number of rotatable bonds is 1. The average molecular weight is 291 g/mol. The van der Waals surface area contributed by atoms with Gasteiger partial charge in [0.05, 0.1) is 4.83 Å². The van der Waals surface area contributed by atoms with Crippen molar-refractivity contribution in [1.29, 1.82) is 0 Å². The molecule has 1 N–H and O–H groups in total. The van der Waals surface area contributed by atoms with Crippen molar-refractivity contribution in [2.45, 2.75) is 16.8 Å². The van der Waals surface area contributed by atoms with Gasteiger partial charge in [-0.3, -0.25) is 0 Å². The van der Waals surface area contributed by atoms with E-state index in [9.17, 15) is 5.11 Å². The van der Waals surface area contributed by atoms with Crippen LogP contribution in [0.4, 0.5) is 0 Å². The van der Waals surface area contributed by atoms with Crippen LogP contribution < -0.4 is 0 Å². The molecule has 5 saturated carbocycles. The second kappa shape index (κ2) is 2.65. The fourth-order valence-electron chi connectivity index (χ4n) is 5.78. The Balaban J connectivity index is 1.69. The van der Waals surface area contributed by atoms with Crippen molar-refractivity contribution in [2.75, 3.05) is 0 Å². The molecule has 0 aromatic heterocycles. The largest absolute Gasteiger partial charge is 0.384 e. The zero-order valence-corrected chi connectivity index (χ0v) is 11.0. The third-order valence-electron chi connectivity index (χ3n) is 6.15. The lowest BCUT2D eigenvalue weighted by Gasteiger charge is -2.37. The van der Waals surface area contributed by atoms with E-state index < -0.39 is 5.60 Å². The highest BCUT2D eigenvalue weighted by molar-refractivity contribution is 9.09. The first-order chi connectivity index (χ1) is 8.24. The maximum absolute atomic E-state index is 11.3. The number of hydrogen-bond acceptors (Lipinski definition) is 1. The van der Waals surface area contributed by atoms with Crippen molar-refractivity contribution in [3.8, 4) is 0 Å². The molecule has 17 heavy (non-hydrogen) atoms. The highest BCUT2D eigenvalue weighted by Crippen LogP contribution is 2.84. The molecule has 0 unspecified atom stereocenters. The maximum Gasteiger partial charge on any atom is 0.106 e. The molecule has 8 atom stereocenters. The standard InChI is InChI=1S/C15H15BrO/c16-14-12-9-6-8-10(12)11(8)13(9)15(14,17)7-4-2-1-3-5-7/h1-5,8-14,17H,6H2/t8-,9+,10+,11-,12+,13-,14+,15-/m1/s1. The van der Waals surface area contributed by atoms with Crippen molar-refractivity contribution >= 4 is 15.9 Å². The third-order valence-corrected chi connectivity index (χ3v) is 7.46. The fourth-order valence-corrected chi connectivity index (χ4v) is 7.10. The van der Waals surface area contributed by atoms with E-state index in [0.29, 0.717) is 5.92 Å². The van der Waals surface area contributed by atoms with E-state index in [-0.39, 0.29) is 4.83 Å². The Morgan fingerprint density at radius 3 is 2.47 bits per heavy atom. The van der Waals surface area contributed by atoms with Gasteiger partial charge in [0.15, 0.2) is 0 Å². The summed E-state index contributed by atoms with van der Waals surface area (Å²) in [6, 6.07) is 10.3. The first-order valence-corrected chi connectivity index (χ1v) is 7.58. The molecule has 1 aromatic carbocycles. The second-order valence-electron chi connectivity index (χ2n) is 6.41. The molecule has 0 aliphatic heterocycles. The molecule has 0 radical (unpaired) electrons. The van der Waals surface area contributed by atoms with Gasteiger partial charge < -0.3 is 5.11 Å². The van der Waals surface area contributed by atoms with Crippen molar-refractivity contribution in [3.05, 3.63) is 35.9 Å². The van der Waals surface area contributed by atoms with Gasteiger partial charge in [0.25, 0.3) is 0 Å². The van der Waals surface area contributed by atoms with Crippen molar-refractivity contribution in [2.24, 2.45) is 35.5 Å². The predicted molar refractivity (Wildman–Crippen MR) is 68.6 cm³/mol. The normalized spacial score (nSPS) is 60.9. The molecule has 5 aliphatic carbocycles. The average Bonchev–Trinajstić information content (AvgIpc) is 2.76. The summed E-state index contributed by atoms with van der Waals surface area (Å²) in [5.74, 6) is 4.86. The van der Waals surface area contributed by atoms with E-state index in [4.69, 9.17) is 0 Å². The number of halogens is 1. The Morgan fingerprint density at radius 1 is 1.06 bits per heavy atom. The molecule has 2 heteroatoms. The van der Waals surface area contributed by atoms with Gasteiger partial charge >= 0.3 is 0 Å². The number of aliphatic hydroxyl groups is 1. The van der Waals surface area contributed by atoms with E-state index in [0.717, 1.165) is 35.2 Å². The van der Waals surface area contributed by atoms with Crippen molar-refractivity contribution in [3.63, 3.8) is 0 Å². The summed E-state index contributed by atoms with van der Waals surface area (Å²) < 4.78 is 0. The zero-order valence-electron chi connectivity index (χ0n) is 9.46. The molecular formula is C15H15BrO. The quantitative estimate of drug-likeness (QED) is 0.789. The molecule has 0 spiro atoms. The number of alkyl halides is 1. The lowest BCUT2D eigenvalue weighted by atomic mass is 9.78. The first kappa shape index (κ1) is 9.57. The fraction of sp³-hybridized carbons (Fsp3) is 0.600. The highest BCUT2D eigenvalue weighted by atomic mass is 79.9. The van der Waals surface area contributed by atoms with Crippen LogP contribution in [0, 0.1) is 35.5 Å². The molecule has 0 amide bonds. The van der Waals surface area contributed by atoms with Crippen LogP contribution >= 0.6 is 15.9 Å². The molecule has 6 bridgehead atoms. The summed E-state index contributed by atoms with van der Waals surface area (Å²) in [6.45, 7) is 0. The van der Waals surface area contributed by atoms with Crippen LogP contribution in [0.1, 0.15) is 12.0 Å². The van der Waals surface area contributed by atoms with Gasteiger partial charge in [-0.15, -0.1) is 0 Å². The zero-order chi connectivity index (χ0) is 11.4. The first-order valence-electron chi connectivity index (χ1n) is 6.66. The van der Waals surface area contributed by atoms with E-state index in [2.05, 4.69) is 28.1 Å². The van der Waals surface area contributed by atoms with E-state index >= 15 is 0 Å². The minimum atomic E-state index is -0.594. The molecular weight excluding hydrogens is 276 g/mol. The van der Waals surface area contributed by atoms with Gasteiger partial charge in [0, 0.05) is 0 Å². The van der Waals surface area contributed by atoms with Crippen LogP contribution in [-0.4, -0.2) is 9.93 Å².